The van der Waals surface area contributed by atoms with Crippen LogP contribution >= 0.6 is 24.8 Å². The molecule has 0 aliphatic heterocycles. The second kappa shape index (κ2) is 8.20. The Morgan fingerprint density at radius 1 is 1.33 bits per heavy atom. The van der Waals surface area contributed by atoms with Crippen molar-refractivity contribution in [2.75, 3.05) is 6.61 Å². The first-order chi connectivity index (χ1) is 6.29. The van der Waals surface area contributed by atoms with E-state index in [1.807, 2.05) is 31.2 Å². The highest BCUT2D eigenvalue weighted by atomic mass is 35.5. The van der Waals surface area contributed by atoms with Gasteiger partial charge in [-0.3, -0.25) is 0 Å². The summed E-state index contributed by atoms with van der Waals surface area (Å²) < 4.78 is 5.34. The summed E-state index contributed by atoms with van der Waals surface area (Å²) in [5.74, 6) is 6.06. The van der Waals surface area contributed by atoms with Gasteiger partial charge >= 0.3 is 0 Å². The van der Waals surface area contributed by atoms with Crippen LogP contribution in [0.3, 0.4) is 0 Å². The Kier molecular flexibility index (Phi) is 8.91. The average Bonchev–Trinajstić information content (AvgIpc) is 2.18. The summed E-state index contributed by atoms with van der Waals surface area (Å²) in [5, 5.41) is 3.42. The highest BCUT2D eigenvalue weighted by Crippen LogP contribution is 2.16. The molecule has 0 heterocycles. The minimum atomic E-state index is 0. The lowest BCUT2D eigenvalue weighted by Crippen LogP contribution is -2.16. The van der Waals surface area contributed by atoms with Crippen molar-refractivity contribution in [1.82, 2.24) is 0 Å². The Balaban J connectivity index is 0. The molecule has 1 aromatic rings. The fourth-order valence-electron chi connectivity index (χ4n) is 1.03. The lowest BCUT2D eigenvalue weighted by atomic mass is 10.2. The van der Waals surface area contributed by atoms with Crippen LogP contribution in [0.2, 0.25) is 0 Å². The number of benzene rings is 1. The standard InChI is InChI=1S/C9H13N3O.2ClH/c1-2-13-8-6-4-3-5-7(8)9(10)12-11;;/h3-6H,2,11H2,1H3,(H2,10,12);2*1H. The van der Waals surface area contributed by atoms with Gasteiger partial charge in [-0.2, -0.15) is 5.10 Å². The van der Waals surface area contributed by atoms with Crippen molar-refractivity contribution in [3.05, 3.63) is 29.8 Å². The van der Waals surface area contributed by atoms with Gasteiger partial charge in [-0.25, -0.2) is 0 Å². The number of nitrogens with two attached hydrogens (primary N) is 2. The number of amidine groups is 1. The van der Waals surface area contributed by atoms with Crippen LogP contribution in [0.1, 0.15) is 12.5 Å². The van der Waals surface area contributed by atoms with Crippen LogP contribution < -0.4 is 16.3 Å². The van der Waals surface area contributed by atoms with E-state index in [-0.39, 0.29) is 30.6 Å². The fraction of sp³-hybridized carbons (Fsp3) is 0.222. The minimum absolute atomic E-state index is 0. The normalized spacial score (nSPS) is 9.80. The molecule has 0 aromatic heterocycles. The maximum absolute atomic E-state index is 5.57. The van der Waals surface area contributed by atoms with Crippen LogP contribution in [-0.4, -0.2) is 12.4 Å². The summed E-state index contributed by atoms with van der Waals surface area (Å²) in [6.07, 6.45) is 0. The second-order valence-electron chi connectivity index (χ2n) is 2.44. The number of hydrogen-bond acceptors (Lipinski definition) is 3. The molecule has 0 aliphatic rings. The Morgan fingerprint density at radius 2 is 1.93 bits per heavy atom. The molecule has 0 fully saturated rings. The van der Waals surface area contributed by atoms with Gasteiger partial charge in [0.25, 0.3) is 0 Å². The molecule has 0 unspecified atom stereocenters. The summed E-state index contributed by atoms with van der Waals surface area (Å²) in [4.78, 5) is 0. The van der Waals surface area contributed by atoms with Crippen molar-refractivity contribution >= 4 is 30.6 Å². The molecule has 4 nitrogen and oxygen atoms in total. The van der Waals surface area contributed by atoms with E-state index < -0.39 is 0 Å². The molecule has 0 radical (unpaired) electrons. The second-order valence-corrected chi connectivity index (χ2v) is 2.44. The van der Waals surface area contributed by atoms with Gasteiger partial charge in [0.15, 0.2) is 5.84 Å². The zero-order valence-electron chi connectivity index (χ0n) is 8.34. The van der Waals surface area contributed by atoms with Crippen molar-refractivity contribution in [3.63, 3.8) is 0 Å². The molecule has 0 amide bonds. The molecule has 0 aliphatic carbocycles. The monoisotopic (exact) mass is 251 g/mol. The Labute approximate surface area is 101 Å². The molecule has 0 atom stereocenters. The average molecular weight is 252 g/mol. The topological polar surface area (TPSA) is 73.6 Å². The van der Waals surface area contributed by atoms with Crippen LogP contribution in [0.15, 0.2) is 29.4 Å². The number of ether oxygens (including phenoxy) is 1. The van der Waals surface area contributed by atoms with E-state index >= 15 is 0 Å². The molecule has 1 aromatic carbocycles. The van der Waals surface area contributed by atoms with Gasteiger partial charge in [-0.05, 0) is 19.1 Å². The van der Waals surface area contributed by atoms with Crippen molar-refractivity contribution in [2.24, 2.45) is 16.7 Å². The van der Waals surface area contributed by atoms with E-state index in [0.29, 0.717) is 12.4 Å². The maximum Gasteiger partial charge on any atom is 0.154 e. The van der Waals surface area contributed by atoms with Crippen molar-refractivity contribution in [1.29, 1.82) is 0 Å². The number of nitrogens with zero attached hydrogens (tertiary/aromatic N) is 1. The highest BCUT2D eigenvalue weighted by molar-refractivity contribution is 5.99. The van der Waals surface area contributed by atoms with Crippen LogP contribution in [0.4, 0.5) is 0 Å². The van der Waals surface area contributed by atoms with E-state index in [2.05, 4.69) is 5.10 Å². The predicted octanol–water partition coefficient (Wildman–Crippen LogP) is 1.51. The molecule has 4 N–H and O–H groups in total. The largest absolute Gasteiger partial charge is 0.493 e. The summed E-state index contributed by atoms with van der Waals surface area (Å²) in [7, 11) is 0. The number of halogens is 2. The SMILES string of the molecule is CCOc1ccccc1/C(N)=N/N.Cl.Cl. The quantitative estimate of drug-likeness (QED) is 0.370. The van der Waals surface area contributed by atoms with E-state index in [9.17, 15) is 0 Å². The summed E-state index contributed by atoms with van der Waals surface area (Å²) >= 11 is 0. The lowest BCUT2D eigenvalue weighted by molar-refractivity contribution is 0.339. The first-order valence-electron chi connectivity index (χ1n) is 4.05. The summed E-state index contributed by atoms with van der Waals surface area (Å²) in [5.41, 5.74) is 6.30. The third-order valence-electron chi connectivity index (χ3n) is 1.60. The van der Waals surface area contributed by atoms with E-state index in [1.54, 1.807) is 0 Å². The number of rotatable bonds is 3. The van der Waals surface area contributed by atoms with Gasteiger partial charge in [0, 0.05) is 0 Å². The van der Waals surface area contributed by atoms with Crippen LogP contribution in [0.5, 0.6) is 5.75 Å². The third-order valence-corrected chi connectivity index (χ3v) is 1.60. The molecule has 6 heteroatoms. The first-order valence-corrected chi connectivity index (χ1v) is 4.05. The molecule has 1 rings (SSSR count). The molecule has 86 valence electrons. The molecular weight excluding hydrogens is 237 g/mol. The highest BCUT2D eigenvalue weighted by Gasteiger charge is 2.05. The summed E-state index contributed by atoms with van der Waals surface area (Å²) in [6, 6.07) is 7.38. The number of hydrazone groups is 1. The van der Waals surface area contributed by atoms with E-state index in [0.717, 1.165) is 5.56 Å². The van der Waals surface area contributed by atoms with Crippen molar-refractivity contribution in [2.45, 2.75) is 6.92 Å². The van der Waals surface area contributed by atoms with E-state index in [1.165, 1.54) is 0 Å². The van der Waals surface area contributed by atoms with Gasteiger partial charge < -0.3 is 16.3 Å². The van der Waals surface area contributed by atoms with E-state index in [4.69, 9.17) is 16.3 Å². The van der Waals surface area contributed by atoms with Crippen LogP contribution in [0, 0.1) is 0 Å². The zero-order valence-corrected chi connectivity index (χ0v) is 9.98. The van der Waals surface area contributed by atoms with Crippen LogP contribution in [-0.2, 0) is 0 Å². The lowest BCUT2D eigenvalue weighted by Gasteiger charge is -2.07. The molecule has 0 bridgehead atoms. The molecule has 0 saturated heterocycles. The summed E-state index contributed by atoms with van der Waals surface area (Å²) in [6.45, 7) is 2.50. The first kappa shape index (κ1) is 16.3. The third kappa shape index (κ3) is 4.27. The zero-order chi connectivity index (χ0) is 9.68. The smallest absolute Gasteiger partial charge is 0.154 e. The van der Waals surface area contributed by atoms with Crippen molar-refractivity contribution in [3.8, 4) is 5.75 Å². The van der Waals surface area contributed by atoms with Crippen molar-refractivity contribution < 1.29 is 4.74 Å². The van der Waals surface area contributed by atoms with Gasteiger partial charge in [-0.15, -0.1) is 24.8 Å². The fourth-order valence-corrected chi connectivity index (χ4v) is 1.03. The Bertz CT molecular complexity index is 318. The van der Waals surface area contributed by atoms with Crippen LogP contribution in [0.25, 0.3) is 0 Å². The molecule has 0 saturated carbocycles. The van der Waals surface area contributed by atoms with Gasteiger partial charge in [-0.1, -0.05) is 12.1 Å². The molecule has 0 spiro atoms. The maximum atomic E-state index is 5.57. The minimum Gasteiger partial charge on any atom is -0.493 e. The number of para-hydroxylation sites is 1. The Hall–Kier alpha value is -1.13. The molecular formula is C9H15Cl2N3O. The predicted molar refractivity (Wildman–Crippen MR) is 67.0 cm³/mol. The Morgan fingerprint density at radius 3 is 2.47 bits per heavy atom. The van der Waals surface area contributed by atoms with Gasteiger partial charge in [0.2, 0.25) is 0 Å². The van der Waals surface area contributed by atoms with Gasteiger partial charge in [0.05, 0.1) is 12.2 Å². The number of hydrogen-bond donors (Lipinski definition) is 2. The molecule has 15 heavy (non-hydrogen) atoms. The van der Waals surface area contributed by atoms with Gasteiger partial charge in [0.1, 0.15) is 5.75 Å².